The summed E-state index contributed by atoms with van der Waals surface area (Å²) in [4.78, 5) is 12.0. The van der Waals surface area contributed by atoms with Gasteiger partial charge in [-0.3, -0.25) is 4.79 Å². The fourth-order valence-corrected chi connectivity index (χ4v) is 2.27. The Labute approximate surface area is 98.7 Å². The van der Waals surface area contributed by atoms with E-state index >= 15 is 0 Å². The van der Waals surface area contributed by atoms with E-state index in [1.807, 2.05) is 6.20 Å². The van der Waals surface area contributed by atoms with Crippen molar-refractivity contribution in [2.45, 2.75) is 32.7 Å². The largest absolute Gasteiger partial charge is 0.344 e. The van der Waals surface area contributed by atoms with Crippen LogP contribution in [0.1, 0.15) is 30.0 Å². The van der Waals surface area contributed by atoms with Crippen molar-refractivity contribution >= 4 is 10.9 Å². The van der Waals surface area contributed by atoms with Gasteiger partial charge in [0.05, 0.1) is 5.52 Å². The monoisotopic (exact) mass is 231 g/mol. The minimum absolute atomic E-state index is 0.0594. The lowest BCUT2D eigenvalue weighted by Gasteiger charge is -2.12. The van der Waals surface area contributed by atoms with Crippen LogP contribution in [0.4, 0.5) is 4.39 Å². The van der Waals surface area contributed by atoms with E-state index in [2.05, 4.69) is 4.57 Å². The molecule has 0 saturated heterocycles. The van der Waals surface area contributed by atoms with Crippen molar-refractivity contribution in [2.24, 2.45) is 0 Å². The second-order valence-electron chi connectivity index (χ2n) is 4.90. The average Bonchev–Trinajstić information content (AvgIpc) is 3.10. The number of fused-ring (bicyclic) bond motifs is 1. The molecule has 1 aliphatic rings. The van der Waals surface area contributed by atoms with Gasteiger partial charge in [0.2, 0.25) is 0 Å². The number of hydrogen-bond acceptors (Lipinski definition) is 1. The molecule has 0 unspecified atom stereocenters. The topological polar surface area (TPSA) is 22.0 Å². The third-order valence-corrected chi connectivity index (χ3v) is 3.43. The number of pyridine rings is 1. The lowest BCUT2D eigenvalue weighted by molar-refractivity contribution is 0.619. The standard InChI is InChI=1S/C14H14FNO/c1-8-5-13-11(6-12(8)15)14(17)9(2)7-16(13)10-3-4-10/h5-7,10H,3-4H2,1-2H3. The summed E-state index contributed by atoms with van der Waals surface area (Å²) in [7, 11) is 0. The molecule has 0 radical (unpaired) electrons. The van der Waals surface area contributed by atoms with Crippen molar-refractivity contribution in [3.05, 3.63) is 45.5 Å². The Morgan fingerprint density at radius 2 is 1.94 bits per heavy atom. The minimum atomic E-state index is -0.303. The van der Waals surface area contributed by atoms with Crippen molar-refractivity contribution in [3.8, 4) is 0 Å². The van der Waals surface area contributed by atoms with Gasteiger partial charge in [-0.25, -0.2) is 4.39 Å². The number of nitrogens with zero attached hydrogens (tertiary/aromatic N) is 1. The Morgan fingerprint density at radius 3 is 2.59 bits per heavy atom. The fraction of sp³-hybridized carbons (Fsp3) is 0.357. The summed E-state index contributed by atoms with van der Waals surface area (Å²) in [6, 6.07) is 3.64. The van der Waals surface area contributed by atoms with Crippen LogP contribution in [0, 0.1) is 19.7 Å². The first-order valence-corrected chi connectivity index (χ1v) is 5.89. The number of rotatable bonds is 1. The molecular formula is C14H14FNO. The number of hydrogen-bond donors (Lipinski definition) is 0. The molecule has 1 aromatic carbocycles. The van der Waals surface area contributed by atoms with E-state index in [0.717, 1.165) is 18.4 Å². The molecule has 0 amide bonds. The summed E-state index contributed by atoms with van der Waals surface area (Å²) in [5.74, 6) is -0.303. The minimum Gasteiger partial charge on any atom is -0.344 e. The van der Waals surface area contributed by atoms with E-state index in [4.69, 9.17) is 0 Å². The van der Waals surface area contributed by atoms with Crippen LogP contribution in [-0.4, -0.2) is 4.57 Å². The first kappa shape index (κ1) is 10.5. The molecule has 1 saturated carbocycles. The Hall–Kier alpha value is -1.64. The summed E-state index contributed by atoms with van der Waals surface area (Å²) in [5, 5.41) is 0.500. The molecule has 2 aromatic rings. The molecule has 1 aliphatic carbocycles. The number of halogens is 1. The highest BCUT2D eigenvalue weighted by Gasteiger charge is 2.25. The third-order valence-electron chi connectivity index (χ3n) is 3.43. The zero-order valence-electron chi connectivity index (χ0n) is 9.96. The molecular weight excluding hydrogens is 217 g/mol. The molecule has 88 valence electrons. The normalized spacial score (nSPS) is 15.5. The van der Waals surface area contributed by atoms with Crippen molar-refractivity contribution in [2.75, 3.05) is 0 Å². The maximum absolute atomic E-state index is 13.6. The summed E-state index contributed by atoms with van der Waals surface area (Å²) < 4.78 is 15.7. The van der Waals surface area contributed by atoms with Gasteiger partial charge < -0.3 is 4.57 Å². The van der Waals surface area contributed by atoms with Gasteiger partial charge in [0, 0.05) is 23.2 Å². The highest BCUT2D eigenvalue weighted by molar-refractivity contribution is 5.80. The Kier molecular flexibility index (Phi) is 2.12. The lowest BCUT2D eigenvalue weighted by atomic mass is 10.1. The van der Waals surface area contributed by atoms with Crippen LogP contribution in [0.3, 0.4) is 0 Å². The van der Waals surface area contributed by atoms with Gasteiger partial charge in [0.25, 0.3) is 0 Å². The fourth-order valence-electron chi connectivity index (χ4n) is 2.27. The Morgan fingerprint density at radius 1 is 1.24 bits per heavy atom. The van der Waals surface area contributed by atoms with E-state index in [1.54, 1.807) is 19.9 Å². The van der Waals surface area contributed by atoms with Crippen molar-refractivity contribution in [1.29, 1.82) is 0 Å². The van der Waals surface area contributed by atoms with E-state index in [-0.39, 0.29) is 11.2 Å². The highest BCUT2D eigenvalue weighted by atomic mass is 19.1. The Bertz CT molecular complexity index is 668. The second kappa shape index (κ2) is 3.42. The van der Waals surface area contributed by atoms with Crippen LogP contribution < -0.4 is 5.43 Å². The molecule has 17 heavy (non-hydrogen) atoms. The van der Waals surface area contributed by atoms with Crippen molar-refractivity contribution < 1.29 is 4.39 Å². The molecule has 1 fully saturated rings. The zero-order chi connectivity index (χ0) is 12.2. The maximum Gasteiger partial charge on any atom is 0.192 e. The first-order valence-electron chi connectivity index (χ1n) is 5.89. The number of aryl methyl sites for hydroxylation is 2. The summed E-state index contributed by atoms with van der Waals surface area (Å²) >= 11 is 0. The molecule has 3 heteroatoms. The quantitative estimate of drug-likeness (QED) is 0.739. The zero-order valence-corrected chi connectivity index (χ0v) is 9.96. The molecule has 0 spiro atoms. The van der Waals surface area contributed by atoms with E-state index in [0.29, 0.717) is 22.6 Å². The Balaban J connectivity index is 2.45. The smallest absolute Gasteiger partial charge is 0.192 e. The van der Waals surface area contributed by atoms with E-state index < -0.39 is 0 Å². The van der Waals surface area contributed by atoms with E-state index in [1.165, 1.54) is 6.07 Å². The van der Waals surface area contributed by atoms with Crippen LogP contribution in [0.25, 0.3) is 10.9 Å². The molecule has 0 atom stereocenters. The van der Waals surface area contributed by atoms with Gasteiger partial charge in [0.15, 0.2) is 5.43 Å². The molecule has 1 aromatic heterocycles. The molecule has 1 heterocycles. The van der Waals surface area contributed by atoms with Crippen LogP contribution in [0.2, 0.25) is 0 Å². The summed E-state index contributed by atoms with van der Waals surface area (Å²) in [6.45, 7) is 3.52. The van der Waals surface area contributed by atoms with E-state index in [9.17, 15) is 9.18 Å². The lowest BCUT2D eigenvalue weighted by Crippen LogP contribution is -2.12. The van der Waals surface area contributed by atoms with Gasteiger partial charge in [-0.2, -0.15) is 0 Å². The van der Waals surface area contributed by atoms with Gasteiger partial charge in [0.1, 0.15) is 5.82 Å². The predicted molar refractivity (Wildman–Crippen MR) is 65.9 cm³/mol. The van der Waals surface area contributed by atoms with Crippen LogP contribution in [0.5, 0.6) is 0 Å². The van der Waals surface area contributed by atoms with Gasteiger partial charge in [-0.15, -0.1) is 0 Å². The second-order valence-corrected chi connectivity index (χ2v) is 4.90. The summed E-state index contributed by atoms with van der Waals surface area (Å²) in [6.07, 6.45) is 4.20. The van der Waals surface area contributed by atoms with Gasteiger partial charge in [-0.05, 0) is 44.4 Å². The van der Waals surface area contributed by atoms with Crippen LogP contribution in [0.15, 0.2) is 23.1 Å². The summed E-state index contributed by atoms with van der Waals surface area (Å²) in [5.41, 5.74) is 2.08. The van der Waals surface area contributed by atoms with Crippen LogP contribution in [-0.2, 0) is 0 Å². The predicted octanol–water partition coefficient (Wildman–Crippen LogP) is 3.09. The van der Waals surface area contributed by atoms with Gasteiger partial charge >= 0.3 is 0 Å². The molecule has 3 rings (SSSR count). The number of aromatic nitrogens is 1. The molecule has 0 aliphatic heterocycles. The van der Waals surface area contributed by atoms with Gasteiger partial charge in [-0.1, -0.05) is 0 Å². The average molecular weight is 231 g/mol. The molecule has 0 N–H and O–H groups in total. The van der Waals surface area contributed by atoms with Crippen molar-refractivity contribution in [1.82, 2.24) is 4.57 Å². The number of benzene rings is 1. The molecule has 0 bridgehead atoms. The highest BCUT2D eigenvalue weighted by Crippen LogP contribution is 2.37. The third kappa shape index (κ3) is 1.57. The maximum atomic E-state index is 13.6. The van der Waals surface area contributed by atoms with Crippen LogP contribution >= 0.6 is 0 Å². The molecule has 2 nitrogen and oxygen atoms in total. The SMILES string of the molecule is Cc1cc2c(cc1F)c(=O)c(C)cn2C1CC1. The first-order chi connectivity index (χ1) is 8.08. The van der Waals surface area contributed by atoms with Crippen molar-refractivity contribution in [3.63, 3.8) is 0 Å².